The van der Waals surface area contributed by atoms with Crippen molar-refractivity contribution in [1.29, 1.82) is 0 Å². The summed E-state index contributed by atoms with van der Waals surface area (Å²) < 4.78 is 5.33. The van der Waals surface area contributed by atoms with E-state index in [1.807, 2.05) is 35.2 Å². The Morgan fingerprint density at radius 2 is 1.96 bits per heavy atom. The fraction of sp³-hybridized carbons (Fsp3) is 0.579. The van der Waals surface area contributed by atoms with Crippen LogP contribution in [0.4, 0.5) is 4.79 Å². The lowest BCUT2D eigenvalue weighted by Gasteiger charge is -2.29. The second-order valence-corrected chi connectivity index (χ2v) is 7.23. The van der Waals surface area contributed by atoms with Crippen LogP contribution in [0.2, 0.25) is 0 Å². The molecule has 1 saturated heterocycles. The number of amides is 2. The van der Waals surface area contributed by atoms with E-state index in [1.54, 1.807) is 20.8 Å². The number of nitrogens with zero attached hydrogens (tertiary/aromatic N) is 1. The Balaban J connectivity index is 2.20. The predicted molar refractivity (Wildman–Crippen MR) is 93.6 cm³/mol. The van der Waals surface area contributed by atoms with Crippen LogP contribution in [-0.4, -0.2) is 35.1 Å². The first-order valence-electron chi connectivity index (χ1n) is 8.66. The normalized spacial score (nSPS) is 19.0. The molecule has 1 N–H and O–H groups in total. The SMILES string of the molecule is CCC1CCCN1C(=O)C(NC(=O)OC(C)(C)C)c1ccccc1. The summed E-state index contributed by atoms with van der Waals surface area (Å²) in [5, 5.41) is 2.76. The number of benzene rings is 1. The maximum absolute atomic E-state index is 13.1. The van der Waals surface area contributed by atoms with E-state index in [0.29, 0.717) is 0 Å². The van der Waals surface area contributed by atoms with Crippen LogP contribution in [0.15, 0.2) is 30.3 Å². The Morgan fingerprint density at radius 1 is 1.29 bits per heavy atom. The summed E-state index contributed by atoms with van der Waals surface area (Å²) in [6.45, 7) is 8.25. The highest BCUT2D eigenvalue weighted by Gasteiger charge is 2.34. The van der Waals surface area contributed by atoms with Gasteiger partial charge in [-0.1, -0.05) is 37.3 Å². The lowest BCUT2D eigenvalue weighted by molar-refractivity contribution is -0.134. The highest BCUT2D eigenvalue weighted by atomic mass is 16.6. The Kier molecular flexibility index (Phi) is 5.86. The molecule has 1 aromatic carbocycles. The summed E-state index contributed by atoms with van der Waals surface area (Å²) in [5.41, 5.74) is 0.170. The van der Waals surface area contributed by atoms with Crippen molar-refractivity contribution in [3.05, 3.63) is 35.9 Å². The number of alkyl carbamates (subject to hydrolysis) is 1. The number of carbonyl (C=O) groups is 2. The molecule has 1 aliphatic rings. The van der Waals surface area contributed by atoms with Crippen molar-refractivity contribution < 1.29 is 14.3 Å². The molecule has 1 aliphatic heterocycles. The monoisotopic (exact) mass is 332 g/mol. The van der Waals surface area contributed by atoms with Gasteiger partial charge in [0.2, 0.25) is 5.91 Å². The summed E-state index contributed by atoms with van der Waals surface area (Å²) in [4.78, 5) is 27.2. The molecule has 0 spiro atoms. The number of nitrogens with one attached hydrogen (secondary N) is 1. The highest BCUT2D eigenvalue weighted by Crippen LogP contribution is 2.25. The van der Waals surface area contributed by atoms with Gasteiger partial charge in [-0.25, -0.2) is 4.79 Å². The maximum atomic E-state index is 13.1. The van der Waals surface area contributed by atoms with Crippen LogP contribution >= 0.6 is 0 Å². The van der Waals surface area contributed by atoms with E-state index in [4.69, 9.17) is 4.74 Å². The van der Waals surface area contributed by atoms with Gasteiger partial charge < -0.3 is 15.0 Å². The Bertz CT molecular complexity index is 566. The third-order valence-corrected chi connectivity index (χ3v) is 4.17. The van der Waals surface area contributed by atoms with Crippen molar-refractivity contribution in [3.63, 3.8) is 0 Å². The number of hydrogen-bond acceptors (Lipinski definition) is 3. The van der Waals surface area contributed by atoms with Gasteiger partial charge in [0.05, 0.1) is 0 Å². The molecule has 0 radical (unpaired) electrons. The average Bonchev–Trinajstić information content (AvgIpc) is 2.99. The molecule has 1 aromatic rings. The van der Waals surface area contributed by atoms with Gasteiger partial charge in [0, 0.05) is 12.6 Å². The van der Waals surface area contributed by atoms with Crippen LogP contribution < -0.4 is 5.32 Å². The number of carbonyl (C=O) groups excluding carboxylic acids is 2. The standard InChI is InChI=1S/C19H28N2O3/c1-5-15-12-9-13-21(15)17(22)16(14-10-7-6-8-11-14)20-18(23)24-19(2,3)4/h6-8,10-11,15-16H,5,9,12-13H2,1-4H3,(H,20,23). The van der Waals surface area contributed by atoms with Crippen molar-refractivity contribution in [2.45, 2.75) is 64.6 Å². The van der Waals surface area contributed by atoms with Gasteiger partial charge >= 0.3 is 6.09 Å². The van der Waals surface area contributed by atoms with E-state index in [1.165, 1.54) is 0 Å². The first-order valence-corrected chi connectivity index (χ1v) is 8.66. The largest absolute Gasteiger partial charge is 0.444 e. The second kappa shape index (κ2) is 7.69. The van der Waals surface area contributed by atoms with Crippen LogP contribution in [0.5, 0.6) is 0 Å². The molecule has 5 heteroatoms. The van der Waals surface area contributed by atoms with Crippen LogP contribution in [0.25, 0.3) is 0 Å². The minimum Gasteiger partial charge on any atom is -0.444 e. The van der Waals surface area contributed by atoms with Crippen molar-refractivity contribution in [2.24, 2.45) is 0 Å². The molecule has 24 heavy (non-hydrogen) atoms. The molecule has 2 atom stereocenters. The molecule has 0 aliphatic carbocycles. The predicted octanol–water partition coefficient (Wildman–Crippen LogP) is 3.65. The zero-order valence-corrected chi connectivity index (χ0v) is 15.0. The molecule has 1 fully saturated rings. The molecule has 2 unspecified atom stereocenters. The Labute approximate surface area is 144 Å². The van der Waals surface area contributed by atoms with E-state index in [9.17, 15) is 9.59 Å². The molecule has 132 valence electrons. The minimum absolute atomic E-state index is 0.0589. The van der Waals surface area contributed by atoms with Gasteiger partial charge in [0.25, 0.3) is 0 Å². The molecule has 2 rings (SSSR count). The second-order valence-electron chi connectivity index (χ2n) is 7.23. The van der Waals surface area contributed by atoms with Crippen molar-refractivity contribution in [2.75, 3.05) is 6.54 Å². The van der Waals surface area contributed by atoms with E-state index in [2.05, 4.69) is 12.2 Å². The summed E-state index contributed by atoms with van der Waals surface area (Å²) >= 11 is 0. The first-order chi connectivity index (χ1) is 11.3. The van der Waals surface area contributed by atoms with Gasteiger partial charge in [-0.2, -0.15) is 0 Å². The molecule has 1 heterocycles. The van der Waals surface area contributed by atoms with Crippen LogP contribution in [-0.2, 0) is 9.53 Å². The van der Waals surface area contributed by atoms with E-state index in [0.717, 1.165) is 31.4 Å². The fourth-order valence-electron chi connectivity index (χ4n) is 3.07. The van der Waals surface area contributed by atoms with Crippen molar-refractivity contribution in [1.82, 2.24) is 10.2 Å². The summed E-state index contributed by atoms with van der Waals surface area (Å²) in [6.07, 6.45) is 2.39. The number of likely N-dealkylation sites (tertiary alicyclic amines) is 1. The molecule has 0 saturated carbocycles. The maximum Gasteiger partial charge on any atom is 0.408 e. The van der Waals surface area contributed by atoms with E-state index < -0.39 is 17.7 Å². The molecular weight excluding hydrogens is 304 g/mol. The average molecular weight is 332 g/mol. The van der Waals surface area contributed by atoms with Crippen molar-refractivity contribution >= 4 is 12.0 Å². The summed E-state index contributed by atoms with van der Waals surface area (Å²) in [7, 11) is 0. The number of hydrogen-bond donors (Lipinski definition) is 1. The zero-order valence-electron chi connectivity index (χ0n) is 15.0. The lowest BCUT2D eigenvalue weighted by Crippen LogP contribution is -2.46. The molecule has 0 bridgehead atoms. The van der Waals surface area contributed by atoms with E-state index >= 15 is 0 Å². The summed E-state index contributed by atoms with van der Waals surface area (Å²) in [6, 6.07) is 8.88. The quantitative estimate of drug-likeness (QED) is 0.915. The smallest absolute Gasteiger partial charge is 0.408 e. The lowest BCUT2D eigenvalue weighted by atomic mass is 10.0. The first kappa shape index (κ1) is 18.3. The van der Waals surface area contributed by atoms with Gasteiger partial charge in [-0.05, 0) is 45.6 Å². The highest BCUT2D eigenvalue weighted by molar-refractivity contribution is 5.87. The van der Waals surface area contributed by atoms with Gasteiger partial charge in [0.1, 0.15) is 11.6 Å². The summed E-state index contributed by atoms with van der Waals surface area (Å²) in [5.74, 6) is -0.0589. The molecular formula is C19H28N2O3. The Hall–Kier alpha value is -2.04. The van der Waals surface area contributed by atoms with Gasteiger partial charge in [0.15, 0.2) is 0 Å². The van der Waals surface area contributed by atoms with Crippen LogP contribution in [0.3, 0.4) is 0 Å². The fourth-order valence-corrected chi connectivity index (χ4v) is 3.07. The molecule has 5 nitrogen and oxygen atoms in total. The van der Waals surface area contributed by atoms with E-state index in [-0.39, 0.29) is 11.9 Å². The topological polar surface area (TPSA) is 58.6 Å². The Morgan fingerprint density at radius 3 is 2.54 bits per heavy atom. The molecule has 0 aromatic heterocycles. The number of rotatable bonds is 4. The third kappa shape index (κ3) is 4.73. The van der Waals surface area contributed by atoms with Gasteiger partial charge in [-0.15, -0.1) is 0 Å². The zero-order chi connectivity index (χ0) is 17.7. The molecule has 2 amide bonds. The van der Waals surface area contributed by atoms with Crippen LogP contribution in [0, 0.1) is 0 Å². The van der Waals surface area contributed by atoms with Gasteiger partial charge in [-0.3, -0.25) is 4.79 Å². The van der Waals surface area contributed by atoms with Crippen molar-refractivity contribution in [3.8, 4) is 0 Å². The third-order valence-electron chi connectivity index (χ3n) is 4.17. The number of ether oxygens (including phenoxy) is 1. The van der Waals surface area contributed by atoms with Crippen LogP contribution in [0.1, 0.15) is 58.6 Å². The minimum atomic E-state index is -0.715.